The van der Waals surface area contributed by atoms with Crippen molar-refractivity contribution in [3.63, 3.8) is 0 Å². The zero-order valence-corrected chi connectivity index (χ0v) is 15.6. The third-order valence-corrected chi connectivity index (χ3v) is 5.70. The summed E-state index contributed by atoms with van der Waals surface area (Å²) in [4.78, 5) is 17.6. The van der Waals surface area contributed by atoms with Gasteiger partial charge < -0.3 is 9.80 Å². The Hall–Kier alpha value is -2.14. The summed E-state index contributed by atoms with van der Waals surface area (Å²) in [5, 5.41) is 4.36. The van der Waals surface area contributed by atoms with E-state index in [1.807, 2.05) is 10.9 Å². The predicted molar refractivity (Wildman–Crippen MR) is 102 cm³/mol. The van der Waals surface area contributed by atoms with E-state index in [0.717, 1.165) is 58.5 Å². The zero-order chi connectivity index (χ0) is 17.9. The number of nitrogens with zero attached hydrogens (tertiary/aromatic N) is 4. The van der Waals surface area contributed by atoms with Crippen LogP contribution in [0.25, 0.3) is 0 Å². The van der Waals surface area contributed by atoms with E-state index in [1.165, 1.54) is 16.7 Å². The second-order valence-electron chi connectivity index (χ2n) is 7.70. The number of amides is 1. The molecule has 1 aromatic carbocycles. The smallest absolute Gasteiger partial charge is 0.227 e. The van der Waals surface area contributed by atoms with E-state index in [-0.39, 0.29) is 5.92 Å². The number of aromatic nitrogens is 2. The molecular formula is C21H28N4O. The highest BCUT2D eigenvalue weighted by Crippen LogP contribution is 2.24. The number of piperidine rings is 1. The molecule has 1 saturated heterocycles. The van der Waals surface area contributed by atoms with Crippen LogP contribution in [0.1, 0.15) is 29.5 Å². The summed E-state index contributed by atoms with van der Waals surface area (Å²) in [5.74, 6) is 0.493. The van der Waals surface area contributed by atoms with Crippen molar-refractivity contribution >= 4 is 5.91 Å². The summed E-state index contributed by atoms with van der Waals surface area (Å²) in [6.07, 6.45) is 7.10. The number of hydrogen-bond donors (Lipinski definition) is 0. The molecule has 2 aliphatic heterocycles. The van der Waals surface area contributed by atoms with Gasteiger partial charge in [0.2, 0.25) is 5.91 Å². The molecule has 1 unspecified atom stereocenters. The summed E-state index contributed by atoms with van der Waals surface area (Å²) in [6.45, 7) is 7.54. The summed E-state index contributed by atoms with van der Waals surface area (Å²) in [7, 11) is 0. The van der Waals surface area contributed by atoms with Gasteiger partial charge in [-0.15, -0.1) is 0 Å². The topological polar surface area (TPSA) is 41.4 Å². The van der Waals surface area contributed by atoms with Gasteiger partial charge in [0.15, 0.2) is 0 Å². The molecule has 26 heavy (non-hydrogen) atoms. The molecule has 1 amide bonds. The molecule has 2 aliphatic rings. The van der Waals surface area contributed by atoms with Crippen molar-refractivity contribution in [3.8, 4) is 0 Å². The fraction of sp³-hybridized carbons (Fsp3) is 0.524. The number of carbonyl (C=O) groups is 1. The predicted octanol–water partition coefficient (Wildman–Crippen LogP) is 2.49. The third-order valence-electron chi connectivity index (χ3n) is 5.70. The zero-order valence-electron chi connectivity index (χ0n) is 15.6. The Kier molecular flexibility index (Phi) is 5.07. The number of hydrogen-bond acceptors (Lipinski definition) is 3. The minimum atomic E-state index is 0.147. The summed E-state index contributed by atoms with van der Waals surface area (Å²) in [5.41, 5.74) is 3.91. The minimum absolute atomic E-state index is 0.147. The van der Waals surface area contributed by atoms with Crippen LogP contribution < -0.4 is 0 Å². The van der Waals surface area contributed by atoms with Crippen molar-refractivity contribution in [3.05, 3.63) is 53.3 Å². The third kappa shape index (κ3) is 3.83. The van der Waals surface area contributed by atoms with E-state index < -0.39 is 0 Å². The van der Waals surface area contributed by atoms with E-state index in [4.69, 9.17) is 0 Å². The molecule has 138 valence electrons. The van der Waals surface area contributed by atoms with Crippen molar-refractivity contribution in [2.24, 2.45) is 5.92 Å². The first-order valence-electron chi connectivity index (χ1n) is 9.76. The highest BCUT2D eigenvalue weighted by Gasteiger charge is 2.30. The number of likely N-dealkylation sites (tertiary alicyclic amines) is 1. The van der Waals surface area contributed by atoms with Crippen molar-refractivity contribution in [1.29, 1.82) is 0 Å². The van der Waals surface area contributed by atoms with E-state index in [0.29, 0.717) is 5.91 Å². The molecule has 0 N–H and O–H groups in total. The van der Waals surface area contributed by atoms with Crippen LogP contribution in [-0.2, 0) is 24.3 Å². The van der Waals surface area contributed by atoms with Gasteiger partial charge >= 0.3 is 0 Å². The number of carbonyl (C=O) groups excluding carboxylic acids is 1. The number of benzene rings is 1. The van der Waals surface area contributed by atoms with Gasteiger partial charge in [-0.05, 0) is 49.4 Å². The van der Waals surface area contributed by atoms with Gasteiger partial charge in [0.1, 0.15) is 0 Å². The first-order valence-corrected chi connectivity index (χ1v) is 9.76. The molecule has 1 fully saturated rings. The molecule has 0 bridgehead atoms. The number of rotatable bonds is 4. The highest BCUT2D eigenvalue weighted by molar-refractivity contribution is 5.79. The van der Waals surface area contributed by atoms with E-state index in [9.17, 15) is 4.79 Å². The maximum Gasteiger partial charge on any atom is 0.227 e. The Balaban J connectivity index is 1.33. The normalized spacial score (nSPS) is 20.8. The lowest BCUT2D eigenvalue weighted by molar-refractivity contribution is -0.138. The lowest BCUT2D eigenvalue weighted by atomic mass is 9.94. The molecule has 5 heteroatoms. The summed E-state index contributed by atoms with van der Waals surface area (Å²) >= 11 is 0. The first kappa shape index (κ1) is 17.3. The van der Waals surface area contributed by atoms with Gasteiger partial charge in [0, 0.05) is 32.4 Å². The van der Waals surface area contributed by atoms with Crippen LogP contribution in [0.4, 0.5) is 0 Å². The SMILES string of the molecule is Cc1cnn(CCN2CCCC(C(=O)N3CCc4ccccc4C3)C2)c1. The van der Waals surface area contributed by atoms with Crippen molar-refractivity contribution in [2.45, 2.75) is 39.3 Å². The largest absolute Gasteiger partial charge is 0.338 e. The monoisotopic (exact) mass is 352 g/mol. The van der Waals surface area contributed by atoms with E-state index in [2.05, 4.69) is 52.3 Å². The lowest BCUT2D eigenvalue weighted by Gasteiger charge is -2.36. The molecule has 3 heterocycles. The Morgan fingerprint density at radius 1 is 1.19 bits per heavy atom. The average Bonchev–Trinajstić information content (AvgIpc) is 3.11. The maximum atomic E-state index is 13.1. The molecule has 1 aromatic heterocycles. The lowest BCUT2D eigenvalue weighted by Crippen LogP contribution is -2.46. The molecule has 4 rings (SSSR count). The molecule has 0 radical (unpaired) electrons. The van der Waals surface area contributed by atoms with Crippen molar-refractivity contribution in [1.82, 2.24) is 19.6 Å². The van der Waals surface area contributed by atoms with Gasteiger partial charge in [-0.3, -0.25) is 9.48 Å². The second-order valence-corrected chi connectivity index (χ2v) is 7.70. The molecular weight excluding hydrogens is 324 g/mol. The van der Waals surface area contributed by atoms with Crippen LogP contribution in [0.3, 0.4) is 0 Å². The van der Waals surface area contributed by atoms with Gasteiger partial charge in [0.25, 0.3) is 0 Å². The highest BCUT2D eigenvalue weighted by atomic mass is 16.2. The standard InChI is InChI=1S/C21H28N4O/c1-17-13-22-25(14-17)12-11-23-9-4-7-20(15-23)21(26)24-10-8-18-5-2-3-6-19(18)16-24/h2-3,5-6,13-14,20H,4,7-12,15-16H2,1H3. The van der Waals surface area contributed by atoms with Crippen LogP contribution in [0.2, 0.25) is 0 Å². The molecule has 0 spiro atoms. The number of aryl methyl sites for hydroxylation is 1. The van der Waals surface area contributed by atoms with E-state index in [1.54, 1.807) is 0 Å². The molecule has 5 nitrogen and oxygen atoms in total. The van der Waals surface area contributed by atoms with Crippen LogP contribution >= 0.6 is 0 Å². The minimum Gasteiger partial charge on any atom is -0.338 e. The van der Waals surface area contributed by atoms with Gasteiger partial charge in [-0.25, -0.2) is 0 Å². The van der Waals surface area contributed by atoms with Gasteiger partial charge in [-0.2, -0.15) is 5.10 Å². The van der Waals surface area contributed by atoms with Crippen LogP contribution in [0.5, 0.6) is 0 Å². The average molecular weight is 352 g/mol. The Bertz CT molecular complexity index is 769. The summed E-state index contributed by atoms with van der Waals surface area (Å²) in [6, 6.07) is 8.52. The fourth-order valence-electron chi connectivity index (χ4n) is 4.24. The molecule has 0 saturated carbocycles. The second kappa shape index (κ2) is 7.62. The molecule has 0 aliphatic carbocycles. The fourth-order valence-corrected chi connectivity index (χ4v) is 4.24. The van der Waals surface area contributed by atoms with Crippen LogP contribution in [-0.4, -0.2) is 51.7 Å². The molecule has 1 atom stereocenters. The maximum absolute atomic E-state index is 13.1. The first-order chi connectivity index (χ1) is 12.7. The van der Waals surface area contributed by atoms with Crippen molar-refractivity contribution < 1.29 is 4.79 Å². The summed E-state index contributed by atoms with van der Waals surface area (Å²) < 4.78 is 2.00. The molecule has 2 aromatic rings. The van der Waals surface area contributed by atoms with Crippen LogP contribution in [0.15, 0.2) is 36.7 Å². The van der Waals surface area contributed by atoms with Gasteiger partial charge in [0.05, 0.1) is 18.7 Å². The number of fused-ring (bicyclic) bond motifs is 1. The van der Waals surface area contributed by atoms with Crippen LogP contribution in [0, 0.1) is 12.8 Å². The Labute approximate surface area is 155 Å². The van der Waals surface area contributed by atoms with Gasteiger partial charge in [-0.1, -0.05) is 24.3 Å². The quantitative estimate of drug-likeness (QED) is 0.849. The Morgan fingerprint density at radius 2 is 2.04 bits per heavy atom. The van der Waals surface area contributed by atoms with Crippen molar-refractivity contribution in [2.75, 3.05) is 26.2 Å². The van der Waals surface area contributed by atoms with E-state index >= 15 is 0 Å². The Morgan fingerprint density at radius 3 is 2.85 bits per heavy atom.